The van der Waals surface area contributed by atoms with Crippen LogP contribution in [0.5, 0.6) is 5.75 Å². The molecular weight excluding hydrogens is 385 g/mol. The zero-order valence-electron chi connectivity index (χ0n) is 16.5. The fraction of sp³-hybridized carbons (Fsp3) is 0.333. The second kappa shape index (κ2) is 9.45. The van der Waals surface area contributed by atoms with E-state index in [2.05, 4.69) is 5.32 Å². The van der Waals surface area contributed by atoms with E-state index in [1.54, 1.807) is 19.1 Å². The van der Waals surface area contributed by atoms with Gasteiger partial charge in [0.1, 0.15) is 5.75 Å². The smallest absolute Gasteiger partial charge is 0.418 e. The van der Waals surface area contributed by atoms with Crippen molar-refractivity contribution in [3.05, 3.63) is 59.2 Å². The maximum atomic E-state index is 13.1. The molecule has 29 heavy (non-hydrogen) atoms. The van der Waals surface area contributed by atoms with Crippen molar-refractivity contribution >= 4 is 17.5 Å². The van der Waals surface area contributed by atoms with Crippen molar-refractivity contribution in [2.75, 3.05) is 25.5 Å². The number of rotatable bonds is 7. The van der Waals surface area contributed by atoms with E-state index in [0.29, 0.717) is 5.75 Å². The standard InChI is InChI=1S/C21H23F3N2O3/c1-4-26(20(28)12-15-10-9-14(2)18(11-15)29-3)13-19(27)25-17-8-6-5-7-16(17)21(22,23)24/h5-11H,4,12-13H2,1-3H3,(H,25,27). The van der Waals surface area contributed by atoms with Crippen LogP contribution in [0.1, 0.15) is 23.6 Å². The summed E-state index contributed by atoms with van der Waals surface area (Å²) in [7, 11) is 1.54. The van der Waals surface area contributed by atoms with E-state index in [0.717, 1.165) is 17.2 Å². The number of carbonyl (C=O) groups excluding carboxylic acids is 2. The first-order chi connectivity index (χ1) is 13.7. The predicted molar refractivity (Wildman–Crippen MR) is 104 cm³/mol. The number of benzene rings is 2. The number of para-hydroxylation sites is 1. The average Bonchev–Trinajstić information content (AvgIpc) is 2.67. The summed E-state index contributed by atoms with van der Waals surface area (Å²) in [6.45, 7) is 3.48. The van der Waals surface area contributed by atoms with Crippen LogP contribution < -0.4 is 10.1 Å². The highest BCUT2D eigenvalue weighted by Crippen LogP contribution is 2.34. The van der Waals surface area contributed by atoms with Gasteiger partial charge in [-0.2, -0.15) is 13.2 Å². The minimum Gasteiger partial charge on any atom is -0.496 e. The monoisotopic (exact) mass is 408 g/mol. The number of aryl methyl sites for hydroxylation is 1. The van der Waals surface area contributed by atoms with Gasteiger partial charge in [-0.05, 0) is 43.2 Å². The highest BCUT2D eigenvalue weighted by atomic mass is 19.4. The number of ether oxygens (including phenoxy) is 1. The minimum absolute atomic E-state index is 0.0525. The molecule has 156 valence electrons. The van der Waals surface area contributed by atoms with Crippen molar-refractivity contribution < 1.29 is 27.5 Å². The van der Waals surface area contributed by atoms with Crippen LogP contribution in [-0.2, 0) is 22.2 Å². The molecule has 2 aromatic carbocycles. The number of likely N-dealkylation sites (N-methyl/N-ethyl adjacent to an activating group) is 1. The van der Waals surface area contributed by atoms with Crippen molar-refractivity contribution in [1.29, 1.82) is 0 Å². The van der Waals surface area contributed by atoms with Crippen LogP contribution in [0.3, 0.4) is 0 Å². The summed E-state index contributed by atoms with van der Waals surface area (Å²) in [4.78, 5) is 26.1. The van der Waals surface area contributed by atoms with E-state index >= 15 is 0 Å². The number of nitrogens with one attached hydrogen (secondary N) is 1. The van der Waals surface area contributed by atoms with Crippen molar-refractivity contribution in [2.24, 2.45) is 0 Å². The molecule has 0 aliphatic heterocycles. The van der Waals surface area contributed by atoms with Crippen LogP contribution in [0.4, 0.5) is 18.9 Å². The Kier molecular flexibility index (Phi) is 7.25. The first-order valence-corrected chi connectivity index (χ1v) is 9.03. The number of hydrogen-bond acceptors (Lipinski definition) is 3. The van der Waals surface area contributed by atoms with Crippen LogP contribution in [0.2, 0.25) is 0 Å². The molecule has 0 heterocycles. The van der Waals surface area contributed by atoms with Gasteiger partial charge < -0.3 is 15.0 Å². The molecule has 0 aromatic heterocycles. The molecule has 2 rings (SSSR count). The number of anilines is 1. The second-order valence-corrected chi connectivity index (χ2v) is 6.48. The summed E-state index contributed by atoms with van der Waals surface area (Å²) >= 11 is 0. The lowest BCUT2D eigenvalue weighted by Gasteiger charge is -2.21. The zero-order valence-corrected chi connectivity index (χ0v) is 16.5. The van der Waals surface area contributed by atoms with Crippen molar-refractivity contribution in [1.82, 2.24) is 4.90 Å². The first kappa shape index (κ1) is 22.3. The van der Waals surface area contributed by atoms with Gasteiger partial charge in [0, 0.05) is 6.54 Å². The molecule has 0 aliphatic carbocycles. The Labute approximate surface area is 167 Å². The Morgan fingerprint density at radius 2 is 1.83 bits per heavy atom. The topological polar surface area (TPSA) is 58.6 Å². The lowest BCUT2D eigenvalue weighted by Crippen LogP contribution is -2.38. The molecule has 0 saturated heterocycles. The SMILES string of the molecule is CCN(CC(=O)Nc1ccccc1C(F)(F)F)C(=O)Cc1ccc(C)c(OC)c1. The highest BCUT2D eigenvalue weighted by Gasteiger charge is 2.33. The van der Waals surface area contributed by atoms with Crippen molar-refractivity contribution in [2.45, 2.75) is 26.4 Å². The molecule has 2 aromatic rings. The van der Waals surface area contributed by atoms with E-state index < -0.39 is 17.6 Å². The summed E-state index contributed by atoms with van der Waals surface area (Å²) in [6.07, 6.45) is -4.54. The van der Waals surface area contributed by atoms with Gasteiger partial charge in [-0.1, -0.05) is 24.3 Å². The fourth-order valence-electron chi connectivity index (χ4n) is 2.84. The van der Waals surface area contributed by atoms with Gasteiger partial charge in [-0.15, -0.1) is 0 Å². The Balaban J connectivity index is 2.06. The lowest BCUT2D eigenvalue weighted by molar-refractivity contribution is -0.137. The summed E-state index contributed by atoms with van der Waals surface area (Å²) in [5.41, 5.74) is 0.378. The second-order valence-electron chi connectivity index (χ2n) is 6.48. The number of methoxy groups -OCH3 is 1. The molecule has 2 amide bonds. The van der Waals surface area contributed by atoms with E-state index in [1.807, 2.05) is 13.0 Å². The molecule has 0 spiro atoms. The van der Waals surface area contributed by atoms with Crippen LogP contribution in [0.25, 0.3) is 0 Å². The summed E-state index contributed by atoms with van der Waals surface area (Å²) in [5, 5.41) is 2.25. The number of halogens is 3. The van der Waals surface area contributed by atoms with Gasteiger partial charge in [-0.3, -0.25) is 9.59 Å². The predicted octanol–water partition coefficient (Wildman–Crippen LogP) is 4.05. The van der Waals surface area contributed by atoms with Crippen LogP contribution in [0.15, 0.2) is 42.5 Å². The average molecular weight is 408 g/mol. The quantitative estimate of drug-likeness (QED) is 0.752. The Morgan fingerprint density at radius 1 is 1.14 bits per heavy atom. The summed E-state index contributed by atoms with van der Waals surface area (Å²) < 4.78 is 44.4. The van der Waals surface area contributed by atoms with Gasteiger partial charge >= 0.3 is 6.18 Å². The van der Waals surface area contributed by atoms with Gasteiger partial charge in [0.2, 0.25) is 11.8 Å². The molecule has 5 nitrogen and oxygen atoms in total. The molecule has 0 bridgehead atoms. The third-order valence-corrected chi connectivity index (χ3v) is 4.40. The number of hydrogen-bond donors (Lipinski definition) is 1. The molecular formula is C21H23F3N2O3. The third-order valence-electron chi connectivity index (χ3n) is 4.40. The lowest BCUT2D eigenvalue weighted by atomic mass is 10.1. The minimum atomic E-state index is -4.59. The molecule has 0 aliphatic rings. The normalized spacial score (nSPS) is 11.1. The number of amides is 2. The van der Waals surface area contributed by atoms with Crippen molar-refractivity contribution in [3.8, 4) is 5.75 Å². The summed E-state index contributed by atoms with van der Waals surface area (Å²) in [6, 6.07) is 10.1. The van der Waals surface area contributed by atoms with Crippen LogP contribution in [-0.4, -0.2) is 36.9 Å². The van der Waals surface area contributed by atoms with E-state index in [4.69, 9.17) is 4.74 Å². The zero-order chi connectivity index (χ0) is 21.6. The largest absolute Gasteiger partial charge is 0.496 e. The van der Waals surface area contributed by atoms with E-state index in [9.17, 15) is 22.8 Å². The van der Waals surface area contributed by atoms with Gasteiger partial charge in [0.05, 0.1) is 31.3 Å². The maximum Gasteiger partial charge on any atom is 0.418 e. The first-order valence-electron chi connectivity index (χ1n) is 9.03. The molecule has 0 unspecified atom stereocenters. The Bertz CT molecular complexity index is 882. The molecule has 0 fully saturated rings. The number of nitrogens with zero attached hydrogens (tertiary/aromatic N) is 1. The fourth-order valence-corrected chi connectivity index (χ4v) is 2.84. The van der Waals surface area contributed by atoms with Crippen LogP contribution >= 0.6 is 0 Å². The molecule has 0 radical (unpaired) electrons. The maximum absolute atomic E-state index is 13.1. The molecule has 1 N–H and O–H groups in total. The van der Waals surface area contributed by atoms with Crippen LogP contribution in [0, 0.1) is 6.92 Å². The number of carbonyl (C=O) groups is 2. The molecule has 0 atom stereocenters. The molecule has 8 heteroatoms. The molecule has 0 saturated carbocycles. The van der Waals surface area contributed by atoms with E-state index in [1.165, 1.54) is 30.2 Å². The Morgan fingerprint density at radius 3 is 2.45 bits per heavy atom. The van der Waals surface area contributed by atoms with Crippen molar-refractivity contribution in [3.63, 3.8) is 0 Å². The highest BCUT2D eigenvalue weighted by molar-refractivity contribution is 5.95. The Hall–Kier alpha value is -3.03. The van der Waals surface area contributed by atoms with Gasteiger partial charge in [-0.25, -0.2) is 0 Å². The van der Waals surface area contributed by atoms with Gasteiger partial charge in [0.25, 0.3) is 0 Å². The summed E-state index contributed by atoms with van der Waals surface area (Å²) in [5.74, 6) is -0.351. The van der Waals surface area contributed by atoms with Gasteiger partial charge in [0.15, 0.2) is 0 Å². The third kappa shape index (κ3) is 5.97. The van der Waals surface area contributed by atoms with E-state index in [-0.39, 0.29) is 31.1 Å². The number of alkyl halides is 3.